The van der Waals surface area contributed by atoms with E-state index in [0.29, 0.717) is 6.54 Å². The lowest BCUT2D eigenvalue weighted by molar-refractivity contribution is 0.267. The molecule has 0 saturated heterocycles. The number of hydrogen-bond donors (Lipinski definition) is 1. The summed E-state index contributed by atoms with van der Waals surface area (Å²) < 4.78 is 0. The van der Waals surface area contributed by atoms with Crippen LogP contribution in [0, 0.1) is 6.92 Å². The highest BCUT2D eigenvalue weighted by atomic mass is 15.1. The Balaban J connectivity index is 2.09. The van der Waals surface area contributed by atoms with Gasteiger partial charge in [-0.3, -0.25) is 9.88 Å². The summed E-state index contributed by atoms with van der Waals surface area (Å²) in [5.41, 5.74) is 10.5. The molecule has 3 heteroatoms. The number of benzene rings is 1. The van der Waals surface area contributed by atoms with Gasteiger partial charge in [-0.15, -0.1) is 0 Å². The third-order valence-electron chi connectivity index (χ3n) is 3.51. The van der Waals surface area contributed by atoms with E-state index in [1.165, 1.54) is 11.1 Å². The molecule has 0 aliphatic carbocycles. The van der Waals surface area contributed by atoms with Gasteiger partial charge in [-0.05, 0) is 36.7 Å². The van der Waals surface area contributed by atoms with Crippen LogP contribution in [-0.4, -0.2) is 16.4 Å². The highest BCUT2D eigenvalue weighted by molar-refractivity contribution is 5.26. The summed E-state index contributed by atoms with van der Waals surface area (Å²) in [6, 6.07) is 14.6. The molecule has 1 heterocycles. The van der Waals surface area contributed by atoms with E-state index in [1.54, 1.807) is 0 Å². The average molecular weight is 269 g/mol. The molecule has 0 bridgehead atoms. The van der Waals surface area contributed by atoms with Crippen LogP contribution in [0.4, 0.5) is 0 Å². The molecule has 0 radical (unpaired) electrons. The second-order valence-electron chi connectivity index (χ2n) is 5.05. The smallest absolute Gasteiger partial charge is 0.0547 e. The molecule has 0 aliphatic rings. The average Bonchev–Trinajstić information content (AvgIpc) is 2.47. The molecule has 1 aromatic heterocycles. The third kappa shape index (κ3) is 3.89. The lowest BCUT2D eigenvalue weighted by Gasteiger charge is -2.21. The van der Waals surface area contributed by atoms with E-state index in [4.69, 9.17) is 5.73 Å². The van der Waals surface area contributed by atoms with Crippen LogP contribution in [0.2, 0.25) is 0 Å². The van der Waals surface area contributed by atoms with E-state index in [1.807, 2.05) is 19.1 Å². The zero-order valence-electron chi connectivity index (χ0n) is 12.3. The first-order valence-electron chi connectivity index (χ1n) is 7.14. The van der Waals surface area contributed by atoms with Gasteiger partial charge in [0.25, 0.3) is 0 Å². The minimum absolute atomic E-state index is 0.594. The second kappa shape index (κ2) is 7.17. The fourth-order valence-corrected chi connectivity index (χ4v) is 2.35. The Morgan fingerprint density at radius 3 is 2.40 bits per heavy atom. The van der Waals surface area contributed by atoms with Crippen LogP contribution >= 0.6 is 0 Å². The molecule has 0 fully saturated rings. The van der Waals surface area contributed by atoms with Crippen LogP contribution in [0.3, 0.4) is 0 Å². The number of nitrogens with zero attached hydrogens (tertiary/aromatic N) is 2. The van der Waals surface area contributed by atoms with Gasteiger partial charge in [0, 0.05) is 25.3 Å². The minimum atomic E-state index is 0.594. The normalized spacial score (nSPS) is 11.0. The molecule has 106 valence electrons. The molecule has 0 saturated carbocycles. The van der Waals surface area contributed by atoms with Gasteiger partial charge >= 0.3 is 0 Å². The third-order valence-corrected chi connectivity index (χ3v) is 3.51. The van der Waals surface area contributed by atoms with Gasteiger partial charge in [-0.1, -0.05) is 37.3 Å². The Morgan fingerprint density at radius 2 is 1.75 bits per heavy atom. The predicted octanol–water partition coefficient (Wildman–Crippen LogP) is 2.87. The number of rotatable bonds is 6. The maximum absolute atomic E-state index is 5.81. The Kier molecular flexibility index (Phi) is 5.27. The lowest BCUT2D eigenvalue weighted by Crippen LogP contribution is -2.24. The monoisotopic (exact) mass is 269 g/mol. The van der Waals surface area contributed by atoms with Crippen molar-refractivity contribution >= 4 is 0 Å². The molecule has 0 atom stereocenters. The van der Waals surface area contributed by atoms with Crippen molar-refractivity contribution in [3.63, 3.8) is 0 Å². The molecule has 1 aromatic carbocycles. The quantitative estimate of drug-likeness (QED) is 0.877. The topological polar surface area (TPSA) is 42.2 Å². The number of hydrogen-bond acceptors (Lipinski definition) is 3. The molecule has 2 N–H and O–H groups in total. The van der Waals surface area contributed by atoms with Crippen molar-refractivity contribution in [2.75, 3.05) is 6.54 Å². The summed E-state index contributed by atoms with van der Waals surface area (Å²) in [7, 11) is 0. The molecule has 3 nitrogen and oxygen atoms in total. The van der Waals surface area contributed by atoms with Crippen LogP contribution in [0.1, 0.15) is 29.4 Å². The zero-order chi connectivity index (χ0) is 14.4. The number of pyridine rings is 1. The molecule has 0 amide bonds. The summed E-state index contributed by atoms with van der Waals surface area (Å²) in [5.74, 6) is 0. The van der Waals surface area contributed by atoms with Crippen LogP contribution < -0.4 is 5.73 Å². The van der Waals surface area contributed by atoms with Gasteiger partial charge in [0.2, 0.25) is 0 Å². The van der Waals surface area contributed by atoms with Crippen molar-refractivity contribution in [2.45, 2.75) is 33.5 Å². The van der Waals surface area contributed by atoms with E-state index in [0.717, 1.165) is 31.0 Å². The first-order chi connectivity index (χ1) is 9.72. The van der Waals surface area contributed by atoms with Crippen molar-refractivity contribution in [1.29, 1.82) is 0 Å². The minimum Gasteiger partial charge on any atom is -0.326 e. The molecule has 2 rings (SSSR count). The van der Waals surface area contributed by atoms with E-state index in [2.05, 4.69) is 47.1 Å². The maximum Gasteiger partial charge on any atom is 0.0547 e. The highest BCUT2D eigenvalue weighted by Crippen LogP contribution is 2.13. The maximum atomic E-state index is 5.81. The largest absolute Gasteiger partial charge is 0.326 e. The van der Waals surface area contributed by atoms with Gasteiger partial charge in [0.1, 0.15) is 0 Å². The summed E-state index contributed by atoms with van der Waals surface area (Å²) in [4.78, 5) is 6.96. The summed E-state index contributed by atoms with van der Waals surface area (Å²) in [6.07, 6.45) is 0. The van der Waals surface area contributed by atoms with Crippen LogP contribution in [0.25, 0.3) is 0 Å². The molecule has 20 heavy (non-hydrogen) atoms. The second-order valence-corrected chi connectivity index (χ2v) is 5.05. The van der Waals surface area contributed by atoms with Crippen LogP contribution in [-0.2, 0) is 19.6 Å². The van der Waals surface area contributed by atoms with Crippen molar-refractivity contribution in [3.8, 4) is 0 Å². The van der Waals surface area contributed by atoms with Gasteiger partial charge < -0.3 is 5.73 Å². The zero-order valence-corrected chi connectivity index (χ0v) is 12.3. The number of nitrogens with two attached hydrogens (primary N) is 1. The summed E-state index contributed by atoms with van der Waals surface area (Å²) >= 11 is 0. The number of aryl methyl sites for hydroxylation is 1. The predicted molar refractivity (Wildman–Crippen MR) is 83.1 cm³/mol. The van der Waals surface area contributed by atoms with E-state index < -0.39 is 0 Å². The number of aromatic nitrogens is 1. The van der Waals surface area contributed by atoms with Crippen molar-refractivity contribution in [1.82, 2.24) is 9.88 Å². The Labute approximate surface area is 121 Å². The standard InChI is InChI=1S/C17H23N3/c1-3-20(13-17-10-6-7-14(2)19-17)12-16-9-5-4-8-15(16)11-18/h4-10H,3,11-13,18H2,1-2H3. The van der Waals surface area contributed by atoms with Crippen molar-refractivity contribution in [2.24, 2.45) is 5.73 Å². The van der Waals surface area contributed by atoms with Gasteiger partial charge in [-0.2, -0.15) is 0 Å². The van der Waals surface area contributed by atoms with Crippen LogP contribution in [0.15, 0.2) is 42.5 Å². The Hall–Kier alpha value is -1.71. The molecular weight excluding hydrogens is 246 g/mol. The molecule has 0 unspecified atom stereocenters. The van der Waals surface area contributed by atoms with Crippen LogP contribution in [0.5, 0.6) is 0 Å². The molecule has 0 aliphatic heterocycles. The van der Waals surface area contributed by atoms with Crippen molar-refractivity contribution < 1.29 is 0 Å². The molecule has 2 aromatic rings. The van der Waals surface area contributed by atoms with E-state index in [-0.39, 0.29) is 0 Å². The Morgan fingerprint density at radius 1 is 1.00 bits per heavy atom. The van der Waals surface area contributed by atoms with Gasteiger partial charge in [-0.25, -0.2) is 0 Å². The first-order valence-corrected chi connectivity index (χ1v) is 7.14. The highest BCUT2D eigenvalue weighted by Gasteiger charge is 2.08. The van der Waals surface area contributed by atoms with Crippen molar-refractivity contribution in [3.05, 3.63) is 65.0 Å². The van der Waals surface area contributed by atoms with E-state index >= 15 is 0 Å². The van der Waals surface area contributed by atoms with E-state index in [9.17, 15) is 0 Å². The van der Waals surface area contributed by atoms with Gasteiger partial charge in [0.05, 0.1) is 5.69 Å². The summed E-state index contributed by atoms with van der Waals surface area (Å²) in [6.45, 7) is 7.59. The molecular formula is C17H23N3. The fourth-order valence-electron chi connectivity index (χ4n) is 2.35. The Bertz CT molecular complexity index is 551. The summed E-state index contributed by atoms with van der Waals surface area (Å²) in [5, 5.41) is 0. The fraction of sp³-hybridized carbons (Fsp3) is 0.353. The van der Waals surface area contributed by atoms with Gasteiger partial charge in [0.15, 0.2) is 0 Å². The lowest BCUT2D eigenvalue weighted by atomic mass is 10.1. The SMILES string of the molecule is CCN(Cc1cccc(C)n1)Cc1ccccc1CN. The first kappa shape index (κ1) is 14.7. The molecule has 0 spiro atoms.